The maximum absolute atomic E-state index is 14.2. The van der Waals surface area contributed by atoms with E-state index in [0.717, 1.165) is 67.6 Å². The van der Waals surface area contributed by atoms with Gasteiger partial charge in [0.2, 0.25) is 11.3 Å². The van der Waals surface area contributed by atoms with Gasteiger partial charge in [0, 0.05) is 62.5 Å². The molecule has 1 fully saturated rings. The summed E-state index contributed by atoms with van der Waals surface area (Å²) in [6.45, 7) is 5.79. The molecule has 39 heavy (non-hydrogen) atoms. The van der Waals surface area contributed by atoms with Crippen molar-refractivity contribution in [3.8, 4) is 17.0 Å². The van der Waals surface area contributed by atoms with Crippen molar-refractivity contribution in [2.45, 2.75) is 25.8 Å². The van der Waals surface area contributed by atoms with Crippen molar-refractivity contribution in [2.24, 2.45) is 0 Å². The Morgan fingerprint density at radius 2 is 1.85 bits per heavy atom. The van der Waals surface area contributed by atoms with Gasteiger partial charge in [-0.05, 0) is 53.6 Å². The minimum absolute atomic E-state index is 0.0455. The van der Waals surface area contributed by atoms with Gasteiger partial charge in [0.15, 0.2) is 0 Å². The second-order valence-corrected chi connectivity index (χ2v) is 9.88. The smallest absolute Gasteiger partial charge is 0.268 e. The minimum Gasteiger partial charge on any atom is -0.493 e. The lowest BCUT2D eigenvalue weighted by Crippen LogP contribution is -2.44. The van der Waals surface area contributed by atoms with E-state index < -0.39 is 17.8 Å². The summed E-state index contributed by atoms with van der Waals surface area (Å²) in [7, 11) is 2.13. The molecular formula is C27H28F3N7O2. The Bertz CT molecular complexity index is 1490. The highest BCUT2D eigenvalue weighted by molar-refractivity contribution is 5.79. The van der Waals surface area contributed by atoms with Crippen LogP contribution in [0.1, 0.15) is 35.2 Å². The van der Waals surface area contributed by atoms with E-state index in [0.29, 0.717) is 35.8 Å². The first kappa shape index (κ1) is 25.5. The Morgan fingerprint density at radius 3 is 2.64 bits per heavy atom. The lowest BCUT2D eigenvalue weighted by atomic mass is 10.0. The average molecular weight is 540 g/mol. The van der Waals surface area contributed by atoms with E-state index in [9.17, 15) is 13.2 Å². The predicted molar refractivity (Wildman–Crippen MR) is 138 cm³/mol. The fourth-order valence-corrected chi connectivity index (χ4v) is 5.24. The number of likely N-dealkylation sites (N-methyl/N-ethyl adjacent to an activating group) is 1. The Balaban J connectivity index is 1.26. The number of hydrogen-bond acceptors (Lipinski definition) is 9. The zero-order valence-corrected chi connectivity index (χ0v) is 21.5. The first-order valence-corrected chi connectivity index (χ1v) is 13.0. The maximum Gasteiger partial charge on any atom is 0.268 e. The second-order valence-electron chi connectivity index (χ2n) is 9.88. The molecule has 3 heterocycles. The van der Waals surface area contributed by atoms with Crippen LogP contribution in [0.25, 0.3) is 22.6 Å². The molecule has 0 spiro atoms. The fourth-order valence-electron chi connectivity index (χ4n) is 5.24. The number of halogens is 3. The molecule has 0 amide bonds. The van der Waals surface area contributed by atoms with Gasteiger partial charge in [-0.3, -0.25) is 0 Å². The topological polar surface area (TPSA) is 92.4 Å². The van der Waals surface area contributed by atoms with Gasteiger partial charge in [-0.1, -0.05) is 6.07 Å². The lowest BCUT2D eigenvalue weighted by Gasteiger charge is -2.32. The molecule has 6 rings (SSSR count). The van der Waals surface area contributed by atoms with Crippen molar-refractivity contribution >= 4 is 17.0 Å². The lowest BCUT2D eigenvalue weighted by molar-refractivity contribution is 0.145. The number of ether oxygens (including phenoxy) is 1. The first-order valence-electron chi connectivity index (χ1n) is 13.0. The summed E-state index contributed by atoms with van der Waals surface area (Å²) in [6, 6.07) is 7.70. The van der Waals surface area contributed by atoms with Crippen LogP contribution in [0.4, 0.5) is 18.9 Å². The monoisotopic (exact) mass is 539 g/mol. The summed E-state index contributed by atoms with van der Waals surface area (Å²) in [5.41, 5.74) is 4.01. The molecule has 1 aliphatic heterocycles. The molecule has 0 saturated carbocycles. The number of hydrogen-bond donors (Lipinski definition) is 1. The highest BCUT2D eigenvalue weighted by Crippen LogP contribution is 2.41. The number of benzene rings is 2. The Labute approximate surface area is 222 Å². The number of piperazine rings is 1. The summed E-state index contributed by atoms with van der Waals surface area (Å²) in [6.07, 6.45) is -1.64. The number of fused-ring (bicyclic) bond motifs is 4. The summed E-state index contributed by atoms with van der Waals surface area (Å²) in [4.78, 5) is 13.9. The molecule has 1 saturated heterocycles. The number of anilines is 1. The summed E-state index contributed by atoms with van der Waals surface area (Å²) in [5, 5.41) is 10.6. The normalized spacial score (nSPS) is 15.6. The zero-order valence-electron chi connectivity index (χ0n) is 21.5. The molecule has 2 aliphatic rings. The van der Waals surface area contributed by atoms with Crippen LogP contribution in [-0.4, -0.2) is 76.5 Å². The van der Waals surface area contributed by atoms with Crippen LogP contribution in [0.5, 0.6) is 5.75 Å². The van der Waals surface area contributed by atoms with Gasteiger partial charge in [0.05, 0.1) is 23.6 Å². The first-order chi connectivity index (χ1) is 19.0. The van der Waals surface area contributed by atoms with E-state index in [1.165, 1.54) is 12.1 Å². The van der Waals surface area contributed by atoms with Gasteiger partial charge in [-0.25, -0.2) is 27.8 Å². The van der Waals surface area contributed by atoms with Gasteiger partial charge in [0.25, 0.3) is 6.43 Å². The second kappa shape index (κ2) is 10.8. The largest absolute Gasteiger partial charge is 0.493 e. The van der Waals surface area contributed by atoms with E-state index in [2.05, 4.69) is 42.4 Å². The number of rotatable bonds is 9. The van der Waals surface area contributed by atoms with Crippen molar-refractivity contribution in [3.05, 3.63) is 58.5 Å². The molecule has 2 aromatic heterocycles. The van der Waals surface area contributed by atoms with Gasteiger partial charge < -0.3 is 19.9 Å². The van der Waals surface area contributed by atoms with Crippen molar-refractivity contribution in [2.75, 3.05) is 51.7 Å². The molecule has 0 radical (unpaired) electrons. The third kappa shape index (κ3) is 5.13. The third-order valence-corrected chi connectivity index (χ3v) is 7.37. The summed E-state index contributed by atoms with van der Waals surface area (Å²) >= 11 is 0. The summed E-state index contributed by atoms with van der Waals surface area (Å²) in [5.74, 6) is -0.300. The van der Waals surface area contributed by atoms with E-state index in [4.69, 9.17) is 9.37 Å². The average Bonchev–Trinajstić information content (AvgIpc) is 3.53. The predicted octanol–water partition coefficient (Wildman–Crippen LogP) is 4.29. The quantitative estimate of drug-likeness (QED) is 0.276. The zero-order chi connectivity index (χ0) is 26.9. The van der Waals surface area contributed by atoms with Gasteiger partial charge in [-0.2, -0.15) is 0 Å². The number of aromatic nitrogens is 4. The van der Waals surface area contributed by atoms with Crippen molar-refractivity contribution in [1.82, 2.24) is 30.1 Å². The van der Waals surface area contributed by atoms with Gasteiger partial charge in [0.1, 0.15) is 11.6 Å². The van der Waals surface area contributed by atoms with Crippen LogP contribution in [0.15, 0.2) is 35.0 Å². The van der Waals surface area contributed by atoms with Crippen LogP contribution in [-0.2, 0) is 13.0 Å². The molecule has 0 unspecified atom stereocenters. The van der Waals surface area contributed by atoms with Gasteiger partial charge in [-0.15, -0.1) is 0 Å². The van der Waals surface area contributed by atoms with Crippen molar-refractivity contribution in [1.29, 1.82) is 0 Å². The van der Waals surface area contributed by atoms with E-state index in [1.807, 2.05) is 12.1 Å². The Hall–Kier alpha value is -3.77. The number of alkyl halides is 2. The highest BCUT2D eigenvalue weighted by Gasteiger charge is 2.28. The number of nitrogens with zero attached hydrogens (tertiary/aromatic N) is 6. The molecule has 0 bridgehead atoms. The van der Waals surface area contributed by atoms with E-state index in [1.54, 1.807) is 0 Å². The van der Waals surface area contributed by atoms with E-state index in [-0.39, 0.29) is 12.2 Å². The Morgan fingerprint density at radius 1 is 1.05 bits per heavy atom. The molecule has 2 aromatic carbocycles. The minimum atomic E-state index is -2.95. The highest BCUT2D eigenvalue weighted by atomic mass is 19.3. The van der Waals surface area contributed by atoms with Crippen LogP contribution in [0.3, 0.4) is 0 Å². The summed E-state index contributed by atoms with van der Waals surface area (Å²) < 4.78 is 52.5. The molecule has 1 N–H and O–H groups in total. The van der Waals surface area contributed by atoms with Crippen LogP contribution in [0, 0.1) is 5.82 Å². The Kier molecular flexibility index (Phi) is 7.05. The maximum atomic E-state index is 14.2. The van der Waals surface area contributed by atoms with Crippen molar-refractivity contribution in [3.63, 3.8) is 0 Å². The molecule has 1 aliphatic carbocycles. The van der Waals surface area contributed by atoms with Crippen molar-refractivity contribution < 1.29 is 22.5 Å². The van der Waals surface area contributed by atoms with Gasteiger partial charge >= 0.3 is 0 Å². The molecular weight excluding hydrogens is 511 g/mol. The molecule has 4 aromatic rings. The molecule has 12 heteroatoms. The number of nitrogens with one attached hydrogen (secondary N) is 1. The molecule has 0 atom stereocenters. The SMILES string of the molecule is CN1CCN(CCCOc2ccc3c(c2CNc2cccc(F)c2C(F)F)Cc2nc4nonc4nc2-3)CC1. The van der Waals surface area contributed by atoms with Crippen LogP contribution >= 0.6 is 0 Å². The third-order valence-electron chi connectivity index (χ3n) is 7.37. The van der Waals surface area contributed by atoms with Crippen LogP contribution in [0.2, 0.25) is 0 Å². The molecule has 204 valence electrons. The van der Waals surface area contributed by atoms with E-state index >= 15 is 0 Å². The standard InChI is InChI=1S/C27H28F3N7O2/c1-36-9-11-37(12-10-36)8-3-13-38-22-7-6-16-17(14-21-24(16)33-27-26(32-21)34-39-35-27)18(22)15-31-20-5-2-4-19(28)23(20)25(29)30/h2,4-7,25,31H,3,8-15H2,1H3. The van der Waals surface area contributed by atoms with Crippen LogP contribution < -0.4 is 10.1 Å². The molecule has 9 nitrogen and oxygen atoms in total. The fraction of sp³-hybridized carbons (Fsp3) is 0.407.